The molecule has 1 heterocycles. The van der Waals surface area contributed by atoms with Crippen LogP contribution in [0, 0.1) is 0 Å². The van der Waals surface area contributed by atoms with E-state index in [9.17, 15) is 4.79 Å². The second kappa shape index (κ2) is 8.33. The van der Waals surface area contributed by atoms with Crippen molar-refractivity contribution in [1.29, 1.82) is 0 Å². The van der Waals surface area contributed by atoms with Crippen LogP contribution in [0.2, 0.25) is 0 Å². The van der Waals surface area contributed by atoms with Crippen molar-refractivity contribution < 1.29 is 14.3 Å². The highest BCUT2D eigenvalue weighted by molar-refractivity contribution is 6.01. The fraction of sp³-hybridized carbons (Fsp3) is 0.300. The van der Waals surface area contributed by atoms with Crippen molar-refractivity contribution in [2.75, 3.05) is 6.61 Å². The SMILES string of the molecule is CCCC/C(=N/NC(=O)[C@@H]1COc2ccccc2O1)c1ccccc1. The molecule has 0 aromatic heterocycles. The van der Waals surface area contributed by atoms with Gasteiger partial charge in [-0.25, -0.2) is 5.43 Å². The smallest absolute Gasteiger partial charge is 0.284 e. The molecule has 0 unspecified atom stereocenters. The van der Waals surface area contributed by atoms with Gasteiger partial charge in [-0.15, -0.1) is 0 Å². The quantitative estimate of drug-likeness (QED) is 0.647. The third-order valence-electron chi connectivity index (χ3n) is 3.98. The van der Waals surface area contributed by atoms with E-state index in [1.165, 1.54) is 0 Å². The van der Waals surface area contributed by atoms with Crippen molar-refractivity contribution in [3.05, 3.63) is 60.2 Å². The number of nitrogens with one attached hydrogen (secondary N) is 1. The van der Waals surface area contributed by atoms with Crippen LogP contribution in [-0.4, -0.2) is 24.3 Å². The van der Waals surface area contributed by atoms with Crippen molar-refractivity contribution in [1.82, 2.24) is 5.43 Å². The van der Waals surface area contributed by atoms with Gasteiger partial charge < -0.3 is 9.47 Å². The molecule has 5 nitrogen and oxygen atoms in total. The maximum Gasteiger partial charge on any atom is 0.284 e. The zero-order valence-corrected chi connectivity index (χ0v) is 14.3. The molecule has 0 spiro atoms. The zero-order valence-electron chi connectivity index (χ0n) is 14.3. The normalized spacial score (nSPS) is 16.4. The van der Waals surface area contributed by atoms with E-state index in [1.807, 2.05) is 48.5 Å². The third-order valence-corrected chi connectivity index (χ3v) is 3.98. The summed E-state index contributed by atoms with van der Waals surface area (Å²) < 4.78 is 11.3. The number of para-hydroxylation sites is 2. The Labute approximate surface area is 147 Å². The van der Waals surface area contributed by atoms with Crippen molar-refractivity contribution in [2.24, 2.45) is 5.10 Å². The number of carbonyl (C=O) groups excluding carboxylic acids is 1. The maximum absolute atomic E-state index is 12.4. The van der Waals surface area contributed by atoms with Crippen LogP contribution in [0.25, 0.3) is 0 Å². The monoisotopic (exact) mass is 338 g/mol. The molecule has 0 aliphatic carbocycles. The number of benzene rings is 2. The summed E-state index contributed by atoms with van der Waals surface area (Å²) in [6, 6.07) is 17.2. The van der Waals surface area contributed by atoms with Crippen molar-refractivity contribution in [2.45, 2.75) is 32.3 Å². The number of carbonyl (C=O) groups is 1. The molecule has 0 saturated carbocycles. The highest BCUT2D eigenvalue weighted by atomic mass is 16.6. The minimum Gasteiger partial charge on any atom is -0.485 e. The number of hydrazone groups is 1. The average molecular weight is 338 g/mol. The van der Waals surface area contributed by atoms with Gasteiger partial charge in [-0.3, -0.25) is 4.79 Å². The van der Waals surface area contributed by atoms with E-state index in [-0.39, 0.29) is 12.5 Å². The largest absolute Gasteiger partial charge is 0.485 e. The first kappa shape index (κ1) is 17.0. The summed E-state index contributed by atoms with van der Waals surface area (Å²) >= 11 is 0. The fourth-order valence-electron chi connectivity index (χ4n) is 2.58. The van der Waals surface area contributed by atoms with E-state index >= 15 is 0 Å². The molecule has 130 valence electrons. The van der Waals surface area contributed by atoms with Gasteiger partial charge in [0.05, 0.1) is 5.71 Å². The van der Waals surface area contributed by atoms with Crippen LogP contribution in [0.3, 0.4) is 0 Å². The van der Waals surface area contributed by atoms with Crippen LogP contribution in [0.5, 0.6) is 11.5 Å². The number of fused-ring (bicyclic) bond motifs is 1. The molecular weight excluding hydrogens is 316 g/mol. The summed E-state index contributed by atoms with van der Waals surface area (Å²) in [4.78, 5) is 12.4. The van der Waals surface area contributed by atoms with E-state index in [2.05, 4.69) is 17.5 Å². The molecule has 0 bridgehead atoms. The Kier molecular flexibility index (Phi) is 5.67. The van der Waals surface area contributed by atoms with Gasteiger partial charge in [-0.05, 0) is 30.5 Å². The molecule has 1 amide bonds. The van der Waals surface area contributed by atoms with Crippen LogP contribution in [0.15, 0.2) is 59.7 Å². The Hall–Kier alpha value is -2.82. The van der Waals surface area contributed by atoms with Gasteiger partial charge >= 0.3 is 0 Å². The second-order valence-corrected chi connectivity index (χ2v) is 5.87. The Bertz CT molecular complexity index is 744. The van der Waals surface area contributed by atoms with Crippen molar-refractivity contribution in [3.8, 4) is 11.5 Å². The molecule has 0 radical (unpaired) electrons. The van der Waals surface area contributed by atoms with Gasteiger partial charge in [0.25, 0.3) is 5.91 Å². The zero-order chi connectivity index (χ0) is 17.5. The molecule has 3 rings (SSSR count). The standard InChI is InChI=1S/C20H22N2O3/c1-2-3-11-16(15-9-5-4-6-10-15)21-22-20(23)19-14-24-17-12-7-8-13-18(17)25-19/h4-10,12-13,19H,2-3,11,14H2,1H3,(H,22,23)/b21-16-/t19-/m0/s1. The van der Waals surface area contributed by atoms with E-state index in [0.29, 0.717) is 11.5 Å². The van der Waals surface area contributed by atoms with Gasteiger partial charge in [0.15, 0.2) is 11.5 Å². The van der Waals surface area contributed by atoms with Gasteiger partial charge in [0.1, 0.15) is 6.61 Å². The van der Waals surface area contributed by atoms with Crippen LogP contribution in [0.4, 0.5) is 0 Å². The summed E-state index contributed by atoms with van der Waals surface area (Å²) in [6.07, 6.45) is 2.18. The van der Waals surface area contributed by atoms with Crippen molar-refractivity contribution in [3.63, 3.8) is 0 Å². The molecule has 0 fully saturated rings. The number of ether oxygens (including phenoxy) is 2. The number of hydrogen-bond donors (Lipinski definition) is 1. The maximum atomic E-state index is 12.4. The number of amides is 1. The van der Waals surface area contributed by atoms with Crippen molar-refractivity contribution >= 4 is 11.6 Å². The molecule has 1 atom stereocenters. The Morgan fingerprint density at radius 3 is 2.60 bits per heavy atom. The minimum absolute atomic E-state index is 0.175. The lowest BCUT2D eigenvalue weighted by atomic mass is 10.1. The summed E-state index contributed by atoms with van der Waals surface area (Å²) in [6.45, 7) is 2.31. The van der Waals surface area contributed by atoms with Crippen LogP contribution in [0.1, 0.15) is 31.7 Å². The number of rotatable bonds is 6. The van der Waals surface area contributed by atoms with Gasteiger partial charge in [0.2, 0.25) is 6.10 Å². The highest BCUT2D eigenvalue weighted by Crippen LogP contribution is 2.30. The van der Waals surface area contributed by atoms with Crippen LogP contribution in [-0.2, 0) is 4.79 Å². The summed E-state index contributed by atoms with van der Waals surface area (Å²) in [7, 11) is 0. The van der Waals surface area contributed by atoms with E-state index in [0.717, 1.165) is 30.5 Å². The number of nitrogens with zero attached hydrogens (tertiary/aromatic N) is 1. The molecule has 1 aliphatic heterocycles. The van der Waals surface area contributed by atoms with E-state index in [1.54, 1.807) is 6.07 Å². The molecule has 25 heavy (non-hydrogen) atoms. The lowest BCUT2D eigenvalue weighted by Gasteiger charge is -2.24. The Morgan fingerprint density at radius 2 is 1.84 bits per heavy atom. The topological polar surface area (TPSA) is 59.9 Å². The van der Waals surface area contributed by atoms with Crippen LogP contribution >= 0.6 is 0 Å². The lowest BCUT2D eigenvalue weighted by Crippen LogP contribution is -2.42. The second-order valence-electron chi connectivity index (χ2n) is 5.87. The summed E-state index contributed by atoms with van der Waals surface area (Å²) in [5, 5.41) is 4.34. The van der Waals surface area contributed by atoms with Crippen LogP contribution < -0.4 is 14.9 Å². The highest BCUT2D eigenvalue weighted by Gasteiger charge is 2.27. The molecule has 5 heteroatoms. The Balaban J connectivity index is 1.67. The molecule has 0 saturated heterocycles. The van der Waals surface area contributed by atoms with Gasteiger partial charge in [0, 0.05) is 0 Å². The molecular formula is C20H22N2O3. The number of hydrogen-bond acceptors (Lipinski definition) is 4. The predicted molar refractivity (Wildman–Crippen MR) is 97.0 cm³/mol. The molecule has 2 aromatic rings. The Morgan fingerprint density at radius 1 is 1.12 bits per heavy atom. The first-order valence-corrected chi connectivity index (χ1v) is 8.58. The van der Waals surface area contributed by atoms with Gasteiger partial charge in [-0.1, -0.05) is 55.8 Å². The van der Waals surface area contributed by atoms with E-state index < -0.39 is 6.10 Å². The van der Waals surface area contributed by atoms with E-state index in [4.69, 9.17) is 9.47 Å². The van der Waals surface area contributed by atoms with Gasteiger partial charge in [-0.2, -0.15) is 5.10 Å². The third kappa shape index (κ3) is 4.38. The number of unbranched alkanes of at least 4 members (excludes halogenated alkanes) is 1. The predicted octanol–water partition coefficient (Wildman–Crippen LogP) is 3.54. The molecule has 1 N–H and O–H groups in total. The fourth-order valence-corrected chi connectivity index (χ4v) is 2.58. The summed E-state index contributed by atoms with van der Waals surface area (Å²) in [5.41, 5.74) is 4.52. The minimum atomic E-state index is -0.707. The first-order chi connectivity index (χ1) is 12.3. The lowest BCUT2D eigenvalue weighted by molar-refractivity contribution is -0.130. The average Bonchev–Trinajstić information content (AvgIpc) is 2.68. The first-order valence-electron chi connectivity index (χ1n) is 8.58. The molecule has 2 aromatic carbocycles. The summed E-state index contributed by atoms with van der Waals surface area (Å²) in [5.74, 6) is 0.926. The molecule has 1 aliphatic rings.